The van der Waals surface area contributed by atoms with Crippen molar-refractivity contribution in [1.82, 2.24) is 10.2 Å². The molecule has 0 saturated heterocycles. The minimum Gasteiger partial charge on any atom is -0.296 e. The van der Waals surface area contributed by atoms with Crippen molar-refractivity contribution < 1.29 is 4.79 Å². The van der Waals surface area contributed by atoms with Gasteiger partial charge in [0.25, 0.3) is 5.91 Å². The highest BCUT2D eigenvalue weighted by Gasteiger charge is 2.11. The maximum Gasteiger partial charge on any atom is 0.257 e. The van der Waals surface area contributed by atoms with Crippen molar-refractivity contribution >= 4 is 22.4 Å². The third-order valence-electron chi connectivity index (χ3n) is 3.11. The van der Waals surface area contributed by atoms with Gasteiger partial charge in [0.1, 0.15) is 5.01 Å². The van der Waals surface area contributed by atoms with Crippen LogP contribution in [0.25, 0.3) is 0 Å². The van der Waals surface area contributed by atoms with Gasteiger partial charge in [0, 0.05) is 12.0 Å². The van der Waals surface area contributed by atoms with Gasteiger partial charge in [-0.05, 0) is 29.5 Å². The molecule has 0 aliphatic carbocycles. The van der Waals surface area contributed by atoms with E-state index in [4.69, 9.17) is 0 Å². The Balaban J connectivity index is 2.02. The molecule has 0 saturated carbocycles. The summed E-state index contributed by atoms with van der Waals surface area (Å²) in [6.07, 6.45) is 0.886. The van der Waals surface area contributed by atoms with Crippen LogP contribution in [0, 0.1) is 5.92 Å². The van der Waals surface area contributed by atoms with Crippen LogP contribution in [0.3, 0.4) is 0 Å². The van der Waals surface area contributed by atoms with Gasteiger partial charge in [0.15, 0.2) is 0 Å². The molecule has 21 heavy (non-hydrogen) atoms. The Morgan fingerprint density at radius 1 is 1.14 bits per heavy atom. The minimum atomic E-state index is -0.141. The molecule has 4 nitrogen and oxygen atoms in total. The van der Waals surface area contributed by atoms with Crippen LogP contribution in [-0.4, -0.2) is 16.1 Å². The molecule has 1 aromatic carbocycles. The Morgan fingerprint density at radius 2 is 1.81 bits per heavy atom. The lowest BCUT2D eigenvalue weighted by Gasteiger charge is -2.06. The number of amides is 1. The predicted molar refractivity (Wildman–Crippen MR) is 86.9 cm³/mol. The van der Waals surface area contributed by atoms with Gasteiger partial charge >= 0.3 is 0 Å². The quantitative estimate of drug-likeness (QED) is 0.904. The maximum atomic E-state index is 12.2. The Hall–Kier alpha value is -1.75. The summed E-state index contributed by atoms with van der Waals surface area (Å²) in [5.41, 5.74) is 1.86. The number of nitrogens with zero attached hydrogens (tertiary/aromatic N) is 2. The Labute approximate surface area is 129 Å². The number of aromatic nitrogens is 2. The van der Waals surface area contributed by atoms with Crippen LogP contribution in [0.2, 0.25) is 0 Å². The fourth-order valence-electron chi connectivity index (χ4n) is 1.92. The molecule has 5 heteroatoms. The first-order valence-corrected chi connectivity index (χ1v) is 8.01. The van der Waals surface area contributed by atoms with Crippen molar-refractivity contribution in [3.8, 4) is 0 Å². The molecule has 2 rings (SSSR count). The van der Waals surface area contributed by atoms with Crippen LogP contribution in [0.15, 0.2) is 24.3 Å². The van der Waals surface area contributed by atoms with E-state index in [1.54, 1.807) is 0 Å². The van der Waals surface area contributed by atoms with Crippen LogP contribution in [0.5, 0.6) is 0 Å². The predicted octanol–water partition coefficient (Wildman–Crippen LogP) is 4.11. The van der Waals surface area contributed by atoms with Gasteiger partial charge in [0.05, 0.1) is 0 Å². The molecular formula is C16H21N3OS. The number of benzene rings is 1. The van der Waals surface area contributed by atoms with E-state index in [1.807, 2.05) is 24.3 Å². The number of hydrogen-bond donors (Lipinski definition) is 1. The van der Waals surface area contributed by atoms with Crippen LogP contribution >= 0.6 is 11.3 Å². The van der Waals surface area contributed by atoms with Crippen molar-refractivity contribution in [3.05, 3.63) is 40.4 Å². The third kappa shape index (κ3) is 4.36. The highest BCUT2D eigenvalue weighted by Crippen LogP contribution is 2.20. The second-order valence-electron chi connectivity index (χ2n) is 5.83. The van der Waals surface area contributed by atoms with E-state index in [2.05, 4.69) is 43.2 Å². The average molecular weight is 303 g/mol. The molecule has 0 fully saturated rings. The second kappa shape index (κ2) is 6.80. The van der Waals surface area contributed by atoms with Gasteiger partial charge in [-0.15, -0.1) is 10.2 Å². The molecule has 1 N–H and O–H groups in total. The molecule has 0 aliphatic rings. The van der Waals surface area contributed by atoms with Crippen molar-refractivity contribution in [2.75, 3.05) is 5.32 Å². The summed E-state index contributed by atoms with van der Waals surface area (Å²) in [6, 6.07) is 7.68. The molecule has 0 radical (unpaired) electrons. The molecule has 2 aromatic rings. The molecule has 0 spiro atoms. The number of carbonyl (C=O) groups is 1. The van der Waals surface area contributed by atoms with Crippen LogP contribution in [0.4, 0.5) is 5.13 Å². The monoisotopic (exact) mass is 303 g/mol. The fourth-order valence-corrected chi connectivity index (χ4v) is 2.87. The van der Waals surface area contributed by atoms with Crippen molar-refractivity contribution in [3.63, 3.8) is 0 Å². The molecule has 1 heterocycles. The van der Waals surface area contributed by atoms with Gasteiger partial charge in [-0.1, -0.05) is 51.2 Å². The van der Waals surface area contributed by atoms with Crippen molar-refractivity contribution in [2.45, 2.75) is 40.0 Å². The zero-order valence-corrected chi connectivity index (χ0v) is 13.7. The lowest BCUT2D eigenvalue weighted by molar-refractivity contribution is 0.102. The molecule has 0 atom stereocenters. The zero-order chi connectivity index (χ0) is 15.4. The van der Waals surface area contributed by atoms with E-state index in [0.717, 1.165) is 11.4 Å². The summed E-state index contributed by atoms with van der Waals surface area (Å²) in [6.45, 7) is 8.53. The third-order valence-corrected chi connectivity index (χ3v) is 3.97. The van der Waals surface area contributed by atoms with Gasteiger partial charge in [0.2, 0.25) is 5.13 Å². The summed E-state index contributed by atoms with van der Waals surface area (Å²) in [4.78, 5) is 12.2. The van der Waals surface area contributed by atoms with E-state index in [-0.39, 0.29) is 5.91 Å². The zero-order valence-electron chi connectivity index (χ0n) is 12.9. The van der Waals surface area contributed by atoms with E-state index in [0.29, 0.717) is 22.5 Å². The largest absolute Gasteiger partial charge is 0.296 e. The molecule has 1 amide bonds. The molecular weight excluding hydrogens is 282 g/mol. The van der Waals surface area contributed by atoms with Crippen molar-refractivity contribution in [1.29, 1.82) is 0 Å². The van der Waals surface area contributed by atoms with Crippen LogP contribution < -0.4 is 5.32 Å². The minimum absolute atomic E-state index is 0.141. The number of carbonyl (C=O) groups excluding carboxylic acids is 1. The highest BCUT2D eigenvalue weighted by atomic mass is 32.1. The average Bonchev–Trinajstić information content (AvgIpc) is 2.85. The molecule has 0 unspecified atom stereocenters. The molecule has 0 bridgehead atoms. The maximum absolute atomic E-state index is 12.2. The fraction of sp³-hybridized carbons (Fsp3) is 0.438. The van der Waals surface area contributed by atoms with Crippen LogP contribution in [0.1, 0.15) is 54.5 Å². The summed E-state index contributed by atoms with van der Waals surface area (Å²) >= 11 is 1.44. The molecule has 1 aromatic heterocycles. The Kier molecular flexibility index (Phi) is 5.07. The van der Waals surface area contributed by atoms with Gasteiger partial charge < -0.3 is 0 Å². The summed E-state index contributed by atoms with van der Waals surface area (Å²) < 4.78 is 0. The first-order chi connectivity index (χ1) is 9.95. The number of nitrogens with one attached hydrogen (secondary N) is 1. The molecule has 112 valence electrons. The number of rotatable bonds is 5. The normalized spacial score (nSPS) is 11.1. The van der Waals surface area contributed by atoms with E-state index >= 15 is 0 Å². The SMILES string of the molecule is CC(C)Cc1nnc(NC(=O)c2ccc(C(C)C)cc2)s1. The first-order valence-electron chi connectivity index (χ1n) is 7.19. The lowest BCUT2D eigenvalue weighted by atomic mass is 10.0. The lowest BCUT2D eigenvalue weighted by Crippen LogP contribution is -2.11. The van der Waals surface area contributed by atoms with Crippen molar-refractivity contribution in [2.24, 2.45) is 5.92 Å². The first kappa shape index (κ1) is 15.6. The van der Waals surface area contributed by atoms with Gasteiger partial charge in [-0.25, -0.2) is 0 Å². The summed E-state index contributed by atoms with van der Waals surface area (Å²) in [5, 5.41) is 12.4. The summed E-state index contributed by atoms with van der Waals surface area (Å²) in [5.74, 6) is 0.853. The Morgan fingerprint density at radius 3 is 2.38 bits per heavy atom. The van der Waals surface area contributed by atoms with E-state index in [1.165, 1.54) is 16.9 Å². The smallest absolute Gasteiger partial charge is 0.257 e. The standard InChI is InChI=1S/C16H21N3OS/c1-10(2)9-14-18-19-16(21-14)17-15(20)13-7-5-12(6-8-13)11(3)4/h5-8,10-11H,9H2,1-4H3,(H,17,19,20). The number of anilines is 1. The van der Waals surface area contributed by atoms with Gasteiger partial charge in [-0.2, -0.15) is 0 Å². The Bertz CT molecular complexity index is 602. The topological polar surface area (TPSA) is 54.9 Å². The van der Waals surface area contributed by atoms with Gasteiger partial charge in [-0.3, -0.25) is 10.1 Å². The molecule has 0 aliphatic heterocycles. The van der Waals surface area contributed by atoms with E-state index < -0.39 is 0 Å². The van der Waals surface area contributed by atoms with E-state index in [9.17, 15) is 4.79 Å². The summed E-state index contributed by atoms with van der Waals surface area (Å²) in [7, 11) is 0. The number of hydrogen-bond acceptors (Lipinski definition) is 4. The second-order valence-corrected chi connectivity index (χ2v) is 6.89. The van der Waals surface area contributed by atoms with Crippen LogP contribution in [-0.2, 0) is 6.42 Å². The highest BCUT2D eigenvalue weighted by molar-refractivity contribution is 7.15.